The van der Waals surface area contributed by atoms with Crippen LogP contribution in [0.2, 0.25) is 0 Å². The Kier molecular flexibility index (Phi) is 4.70. The van der Waals surface area contributed by atoms with E-state index in [-0.39, 0.29) is 12.1 Å². The molecule has 1 aromatic heterocycles. The Morgan fingerprint density at radius 3 is 2.71 bits per heavy atom. The smallest absolute Gasteiger partial charge is 0.315 e. The summed E-state index contributed by atoms with van der Waals surface area (Å²) in [5.74, 6) is 1.48. The summed E-state index contributed by atoms with van der Waals surface area (Å²) >= 11 is 0. The number of para-hydroxylation sites is 2. The Morgan fingerprint density at radius 1 is 1.17 bits per heavy atom. The highest BCUT2D eigenvalue weighted by Gasteiger charge is 2.14. The first-order valence-corrected chi connectivity index (χ1v) is 7.82. The number of hydrogen-bond donors (Lipinski definition) is 2. The summed E-state index contributed by atoms with van der Waals surface area (Å²) in [5, 5.41) is 6.74. The van der Waals surface area contributed by atoms with Crippen LogP contribution in [-0.4, -0.2) is 13.1 Å². The Bertz CT molecular complexity index is 808. The fraction of sp³-hybridized carbons (Fsp3) is 0.211. The number of fused-ring (bicyclic) bond motifs is 1. The molecule has 0 aliphatic heterocycles. The van der Waals surface area contributed by atoms with Crippen molar-refractivity contribution in [2.45, 2.75) is 19.5 Å². The number of urea groups is 1. The number of carbonyl (C=O) groups is 1. The van der Waals surface area contributed by atoms with Gasteiger partial charge < -0.3 is 19.8 Å². The summed E-state index contributed by atoms with van der Waals surface area (Å²) in [4.78, 5) is 12.1. The van der Waals surface area contributed by atoms with Gasteiger partial charge in [0.1, 0.15) is 17.1 Å². The molecule has 124 valence electrons. The van der Waals surface area contributed by atoms with Crippen molar-refractivity contribution in [1.29, 1.82) is 0 Å². The van der Waals surface area contributed by atoms with E-state index in [4.69, 9.17) is 9.15 Å². The highest BCUT2D eigenvalue weighted by Crippen LogP contribution is 2.23. The molecule has 24 heavy (non-hydrogen) atoms. The predicted molar refractivity (Wildman–Crippen MR) is 93.0 cm³/mol. The van der Waals surface area contributed by atoms with Gasteiger partial charge in [-0.05, 0) is 25.1 Å². The lowest BCUT2D eigenvalue weighted by molar-refractivity contribution is 0.236. The Balaban J connectivity index is 1.60. The lowest BCUT2D eigenvalue weighted by Crippen LogP contribution is -2.36. The minimum absolute atomic E-state index is 0.227. The van der Waals surface area contributed by atoms with Crippen molar-refractivity contribution in [3.05, 3.63) is 65.9 Å². The molecule has 5 heteroatoms. The van der Waals surface area contributed by atoms with Crippen LogP contribution in [0.1, 0.15) is 24.3 Å². The minimum atomic E-state index is -0.256. The molecular formula is C19H20N2O3. The molecule has 1 atom stereocenters. The van der Waals surface area contributed by atoms with Gasteiger partial charge in [-0.2, -0.15) is 0 Å². The third-order valence-electron chi connectivity index (χ3n) is 3.85. The van der Waals surface area contributed by atoms with Crippen LogP contribution in [0.5, 0.6) is 5.75 Å². The van der Waals surface area contributed by atoms with E-state index in [2.05, 4.69) is 10.6 Å². The maximum Gasteiger partial charge on any atom is 0.315 e. The normalized spacial score (nSPS) is 11.9. The molecule has 5 nitrogen and oxygen atoms in total. The Morgan fingerprint density at radius 2 is 1.92 bits per heavy atom. The van der Waals surface area contributed by atoms with Gasteiger partial charge in [0.25, 0.3) is 0 Å². The van der Waals surface area contributed by atoms with Crippen LogP contribution in [0.3, 0.4) is 0 Å². The van der Waals surface area contributed by atoms with Crippen molar-refractivity contribution in [2.24, 2.45) is 0 Å². The van der Waals surface area contributed by atoms with E-state index in [1.54, 1.807) is 7.11 Å². The van der Waals surface area contributed by atoms with Crippen LogP contribution in [0, 0.1) is 0 Å². The van der Waals surface area contributed by atoms with Gasteiger partial charge in [-0.15, -0.1) is 0 Å². The maximum absolute atomic E-state index is 12.1. The molecule has 2 N–H and O–H groups in total. The minimum Gasteiger partial charge on any atom is -0.496 e. The Hall–Kier alpha value is -2.95. The topological polar surface area (TPSA) is 63.5 Å². The molecule has 3 aromatic rings. The molecule has 2 aromatic carbocycles. The fourth-order valence-electron chi connectivity index (χ4n) is 2.56. The zero-order valence-corrected chi connectivity index (χ0v) is 13.7. The van der Waals surface area contributed by atoms with Gasteiger partial charge in [-0.3, -0.25) is 0 Å². The maximum atomic E-state index is 12.1. The molecule has 0 saturated carbocycles. The largest absolute Gasteiger partial charge is 0.496 e. The molecule has 0 unspecified atom stereocenters. The first-order valence-electron chi connectivity index (χ1n) is 7.82. The van der Waals surface area contributed by atoms with Crippen molar-refractivity contribution in [2.75, 3.05) is 7.11 Å². The van der Waals surface area contributed by atoms with Crippen molar-refractivity contribution in [3.63, 3.8) is 0 Å². The average Bonchev–Trinajstić information content (AvgIpc) is 3.04. The lowest BCUT2D eigenvalue weighted by atomic mass is 10.2. The fourth-order valence-corrected chi connectivity index (χ4v) is 2.56. The Labute approximate surface area is 140 Å². The summed E-state index contributed by atoms with van der Waals surface area (Å²) in [7, 11) is 1.61. The van der Waals surface area contributed by atoms with E-state index in [9.17, 15) is 4.79 Å². The SMILES string of the molecule is COc1ccccc1CNC(=O)N[C@H](C)c1cc2ccccc2o1. The van der Waals surface area contributed by atoms with E-state index in [0.717, 1.165) is 28.0 Å². The summed E-state index contributed by atoms with van der Waals surface area (Å²) in [6, 6.07) is 16.8. The number of ether oxygens (including phenoxy) is 1. The van der Waals surface area contributed by atoms with E-state index in [1.807, 2.05) is 61.5 Å². The molecule has 0 aliphatic rings. The third-order valence-corrected chi connectivity index (χ3v) is 3.85. The second-order valence-corrected chi connectivity index (χ2v) is 5.55. The van der Waals surface area contributed by atoms with E-state index in [0.29, 0.717) is 6.54 Å². The summed E-state index contributed by atoms with van der Waals surface area (Å²) in [6.45, 7) is 2.28. The number of carbonyl (C=O) groups excluding carboxylic acids is 1. The molecule has 1 heterocycles. The first kappa shape index (κ1) is 15.9. The van der Waals surface area contributed by atoms with Gasteiger partial charge in [-0.1, -0.05) is 36.4 Å². The van der Waals surface area contributed by atoms with E-state index < -0.39 is 0 Å². The molecule has 0 spiro atoms. The van der Waals surface area contributed by atoms with Gasteiger partial charge in [0.15, 0.2) is 0 Å². The van der Waals surface area contributed by atoms with Crippen molar-refractivity contribution in [3.8, 4) is 5.75 Å². The zero-order chi connectivity index (χ0) is 16.9. The van der Waals surface area contributed by atoms with Crippen molar-refractivity contribution >= 4 is 17.0 Å². The van der Waals surface area contributed by atoms with Crippen LogP contribution in [0.4, 0.5) is 4.79 Å². The number of methoxy groups -OCH3 is 1. The quantitative estimate of drug-likeness (QED) is 0.745. The molecular weight excluding hydrogens is 304 g/mol. The van der Waals surface area contributed by atoms with Crippen LogP contribution < -0.4 is 15.4 Å². The molecule has 3 rings (SSSR count). The van der Waals surface area contributed by atoms with E-state index in [1.165, 1.54) is 0 Å². The summed E-state index contributed by atoms with van der Waals surface area (Å²) < 4.78 is 11.0. The van der Waals surface area contributed by atoms with Crippen LogP contribution >= 0.6 is 0 Å². The standard InChI is InChI=1S/C19H20N2O3/c1-13(18-11-14-7-3-6-10-17(14)24-18)21-19(22)20-12-15-8-4-5-9-16(15)23-2/h3-11,13H,12H2,1-2H3,(H2,20,21,22)/t13-/m1/s1. The second-order valence-electron chi connectivity index (χ2n) is 5.55. The highest BCUT2D eigenvalue weighted by molar-refractivity contribution is 5.78. The van der Waals surface area contributed by atoms with Crippen LogP contribution in [0.15, 0.2) is 59.0 Å². The summed E-state index contributed by atoms with van der Waals surface area (Å²) in [5.41, 5.74) is 1.74. The first-order chi connectivity index (χ1) is 11.7. The van der Waals surface area contributed by atoms with Gasteiger partial charge in [0, 0.05) is 17.5 Å². The van der Waals surface area contributed by atoms with Gasteiger partial charge in [0.2, 0.25) is 0 Å². The molecule has 0 aliphatic carbocycles. The number of furan rings is 1. The van der Waals surface area contributed by atoms with Crippen LogP contribution in [-0.2, 0) is 6.54 Å². The third kappa shape index (κ3) is 3.51. The van der Waals surface area contributed by atoms with Gasteiger partial charge in [-0.25, -0.2) is 4.79 Å². The number of rotatable bonds is 5. The van der Waals surface area contributed by atoms with Gasteiger partial charge in [0.05, 0.1) is 13.2 Å². The summed E-state index contributed by atoms with van der Waals surface area (Å²) in [6.07, 6.45) is 0. The average molecular weight is 324 g/mol. The molecule has 0 fully saturated rings. The molecule has 0 radical (unpaired) electrons. The highest BCUT2D eigenvalue weighted by atomic mass is 16.5. The number of nitrogens with one attached hydrogen (secondary N) is 2. The number of benzene rings is 2. The molecule has 0 saturated heterocycles. The lowest BCUT2D eigenvalue weighted by Gasteiger charge is -2.13. The molecule has 0 bridgehead atoms. The van der Waals surface area contributed by atoms with Crippen molar-refractivity contribution < 1.29 is 13.9 Å². The van der Waals surface area contributed by atoms with Crippen LogP contribution in [0.25, 0.3) is 11.0 Å². The second kappa shape index (κ2) is 7.08. The monoisotopic (exact) mass is 324 g/mol. The van der Waals surface area contributed by atoms with E-state index >= 15 is 0 Å². The van der Waals surface area contributed by atoms with Gasteiger partial charge >= 0.3 is 6.03 Å². The zero-order valence-electron chi connectivity index (χ0n) is 13.7. The predicted octanol–water partition coefficient (Wildman–Crippen LogP) is 4.00. The van der Waals surface area contributed by atoms with Crippen molar-refractivity contribution in [1.82, 2.24) is 10.6 Å². The number of hydrogen-bond acceptors (Lipinski definition) is 3. The molecule has 2 amide bonds. The number of amides is 2.